The molecule has 0 aliphatic rings. The molecule has 0 unspecified atom stereocenters. The molecule has 17 heavy (non-hydrogen) atoms. The van der Waals surface area contributed by atoms with Crippen molar-refractivity contribution in [1.82, 2.24) is 0 Å². The van der Waals surface area contributed by atoms with E-state index >= 15 is 0 Å². The molecule has 0 amide bonds. The largest absolute Gasteiger partial charge is 0.504 e. The van der Waals surface area contributed by atoms with E-state index in [1.54, 1.807) is 26.0 Å². The van der Waals surface area contributed by atoms with Crippen LogP contribution in [0, 0.1) is 6.92 Å². The average Bonchev–Trinajstić information content (AvgIpc) is 2.25. The van der Waals surface area contributed by atoms with Gasteiger partial charge in [-0.05, 0) is 25.5 Å². The number of aromatic hydroxyl groups is 2. The van der Waals surface area contributed by atoms with Gasteiger partial charge in [0, 0.05) is 5.57 Å². The number of phenolic OH excluding ortho intramolecular Hbond substituents is 2. The fourth-order valence-corrected chi connectivity index (χ4v) is 0.818. The van der Waals surface area contributed by atoms with Gasteiger partial charge in [0.05, 0.1) is 7.11 Å². The molecule has 5 heteroatoms. The summed E-state index contributed by atoms with van der Waals surface area (Å²) >= 11 is 0. The lowest BCUT2D eigenvalue weighted by atomic mass is 10.2. The van der Waals surface area contributed by atoms with E-state index in [0.29, 0.717) is 11.1 Å². The zero-order valence-corrected chi connectivity index (χ0v) is 10.2. The highest BCUT2D eigenvalue weighted by atomic mass is 16.5. The summed E-state index contributed by atoms with van der Waals surface area (Å²) in [4.78, 5) is 10.2. The predicted octanol–water partition coefficient (Wildman–Crippen LogP) is 1.32. The Bertz CT molecular complexity index is 364. The highest BCUT2D eigenvalue weighted by Crippen LogP contribution is 2.26. The van der Waals surface area contributed by atoms with Crippen molar-refractivity contribution in [3.05, 3.63) is 35.9 Å². The Hall–Kier alpha value is -2.01. The third-order valence-corrected chi connectivity index (χ3v) is 1.75. The Balaban J connectivity index is 0. The van der Waals surface area contributed by atoms with Crippen molar-refractivity contribution in [2.45, 2.75) is 13.8 Å². The number of aryl methyl sites for hydroxylation is 1. The summed E-state index contributed by atoms with van der Waals surface area (Å²) in [6, 6.07) is 4.86. The number of esters is 1. The number of phenols is 2. The highest BCUT2D eigenvalue weighted by molar-refractivity contribution is 5.86. The van der Waals surface area contributed by atoms with Crippen LogP contribution in [-0.2, 0) is 9.53 Å². The van der Waals surface area contributed by atoms with Crippen LogP contribution in [0.3, 0.4) is 0 Å². The monoisotopic (exact) mass is 242 g/mol. The minimum absolute atomic E-state index is 0. The van der Waals surface area contributed by atoms with E-state index in [1.807, 2.05) is 0 Å². The van der Waals surface area contributed by atoms with E-state index < -0.39 is 0 Å². The van der Waals surface area contributed by atoms with Gasteiger partial charge in [-0.2, -0.15) is 0 Å². The normalized spacial score (nSPS) is 8.18. The van der Waals surface area contributed by atoms with Gasteiger partial charge in [-0.3, -0.25) is 0 Å². The molecular weight excluding hydrogens is 224 g/mol. The quantitative estimate of drug-likeness (QED) is 0.440. The molecule has 96 valence electrons. The second-order valence-corrected chi connectivity index (χ2v) is 3.21. The number of carbonyl (C=O) groups excluding carboxylic acids is 1. The lowest BCUT2D eigenvalue weighted by Crippen LogP contribution is -1.98. The molecule has 0 aromatic heterocycles. The number of benzene rings is 1. The minimum atomic E-state index is -0.347. The average molecular weight is 242 g/mol. The molecule has 0 aliphatic heterocycles. The van der Waals surface area contributed by atoms with Gasteiger partial charge in [0.25, 0.3) is 0 Å². The van der Waals surface area contributed by atoms with Crippen molar-refractivity contribution < 1.29 is 25.2 Å². The van der Waals surface area contributed by atoms with Crippen LogP contribution in [0.25, 0.3) is 0 Å². The molecule has 0 saturated heterocycles. The summed E-state index contributed by atoms with van der Waals surface area (Å²) in [6.07, 6.45) is 0. The second-order valence-electron chi connectivity index (χ2n) is 3.21. The summed E-state index contributed by atoms with van der Waals surface area (Å²) < 4.78 is 4.27. The smallest absolute Gasteiger partial charge is 0.332 e. The van der Waals surface area contributed by atoms with E-state index in [-0.39, 0.29) is 22.9 Å². The first-order valence-corrected chi connectivity index (χ1v) is 4.61. The number of methoxy groups -OCH3 is 1. The first-order valence-electron chi connectivity index (χ1n) is 4.61. The van der Waals surface area contributed by atoms with E-state index in [1.165, 1.54) is 13.2 Å². The van der Waals surface area contributed by atoms with Crippen LogP contribution in [0.2, 0.25) is 0 Å². The first kappa shape index (κ1) is 17.4. The summed E-state index contributed by atoms with van der Waals surface area (Å²) in [7, 11) is 1.33. The Morgan fingerprint density at radius 2 is 1.88 bits per heavy atom. The lowest BCUT2D eigenvalue weighted by Gasteiger charge is -1.97. The molecule has 5 nitrogen and oxygen atoms in total. The molecule has 0 radical (unpaired) electrons. The van der Waals surface area contributed by atoms with Crippen LogP contribution in [0.1, 0.15) is 12.5 Å². The number of carbonyl (C=O) groups is 1. The van der Waals surface area contributed by atoms with E-state index in [0.717, 1.165) is 0 Å². The maximum Gasteiger partial charge on any atom is 0.332 e. The molecular formula is C12H18O5. The highest BCUT2D eigenvalue weighted by Gasteiger charge is 1.98. The van der Waals surface area contributed by atoms with Crippen molar-refractivity contribution in [3.8, 4) is 11.5 Å². The van der Waals surface area contributed by atoms with Gasteiger partial charge in [0.15, 0.2) is 11.5 Å². The van der Waals surface area contributed by atoms with Crippen molar-refractivity contribution in [1.29, 1.82) is 0 Å². The van der Waals surface area contributed by atoms with Gasteiger partial charge in [-0.25, -0.2) is 4.79 Å². The van der Waals surface area contributed by atoms with Gasteiger partial charge in [0.1, 0.15) is 0 Å². The molecule has 1 rings (SSSR count). The van der Waals surface area contributed by atoms with E-state index in [4.69, 9.17) is 10.2 Å². The number of ether oxygens (including phenoxy) is 1. The fraction of sp³-hybridized carbons (Fsp3) is 0.250. The molecule has 4 N–H and O–H groups in total. The topological polar surface area (TPSA) is 98.3 Å². The zero-order chi connectivity index (χ0) is 12.7. The van der Waals surface area contributed by atoms with Gasteiger partial charge in [-0.1, -0.05) is 18.7 Å². The third-order valence-electron chi connectivity index (χ3n) is 1.75. The van der Waals surface area contributed by atoms with Crippen LogP contribution >= 0.6 is 0 Å². The first-order chi connectivity index (χ1) is 7.40. The third kappa shape index (κ3) is 6.21. The molecule has 0 fully saturated rings. The summed E-state index contributed by atoms with van der Waals surface area (Å²) in [5.41, 5.74) is 1.12. The van der Waals surface area contributed by atoms with E-state index in [2.05, 4.69) is 11.3 Å². The van der Waals surface area contributed by atoms with Gasteiger partial charge >= 0.3 is 5.97 Å². The number of hydrogen-bond acceptors (Lipinski definition) is 4. The standard InChI is InChI=1S/C7H8O2.C5H8O2.H2O/c1-5-3-2-4-6(8)7(5)9;1-4(2)5(6)7-3;/h2-4,8-9H,1H3;1H2,2-3H3;1H2. The van der Waals surface area contributed by atoms with Crippen LogP contribution in [0.5, 0.6) is 11.5 Å². The van der Waals surface area contributed by atoms with Crippen molar-refractivity contribution >= 4 is 5.97 Å². The Morgan fingerprint density at radius 3 is 2.12 bits per heavy atom. The van der Waals surface area contributed by atoms with Crippen LogP contribution in [-0.4, -0.2) is 28.8 Å². The fourth-order valence-electron chi connectivity index (χ4n) is 0.818. The van der Waals surface area contributed by atoms with E-state index in [9.17, 15) is 4.79 Å². The van der Waals surface area contributed by atoms with Crippen molar-refractivity contribution in [2.75, 3.05) is 7.11 Å². The maximum absolute atomic E-state index is 10.2. The summed E-state index contributed by atoms with van der Waals surface area (Å²) in [5.74, 6) is -0.437. The Labute approximate surface area is 100 Å². The molecule has 0 heterocycles. The van der Waals surface area contributed by atoms with Gasteiger partial charge in [-0.15, -0.1) is 0 Å². The Morgan fingerprint density at radius 1 is 1.35 bits per heavy atom. The molecule has 1 aromatic rings. The number of para-hydroxylation sites is 1. The van der Waals surface area contributed by atoms with Crippen LogP contribution in [0.15, 0.2) is 30.4 Å². The molecule has 0 saturated carbocycles. The van der Waals surface area contributed by atoms with Crippen LogP contribution < -0.4 is 0 Å². The molecule has 1 aromatic carbocycles. The zero-order valence-electron chi connectivity index (χ0n) is 10.2. The summed E-state index contributed by atoms with van der Waals surface area (Å²) in [6.45, 7) is 6.69. The minimum Gasteiger partial charge on any atom is -0.504 e. The molecule has 0 spiro atoms. The summed E-state index contributed by atoms with van der Waals surface area (Å²) in [5, 5.41) is 17.8. The van der Waals surface area contributed by atoms with Crippen molar-refractivity contribution in [2.24, 2.45) is 0 Å². The SMILES string of the molecule is C=C(C)C(=O)OC.Cc1cccc(O)c1O.O. The second kappa shape index (κ2) is 8.18. The van der Waals surface area contributed by atoms with Gasteiger partial charge < -0.3 is 20.4 Å². The lowest BCUT2D eigenvalue weighted by molar-refractivity contribution is -0.136. The molecule has 0 atom stereocenters. The molecule has 0 bridgehead atoms. The van der Waals surface area contributed by atoms with Crippen molar-refractivity contribution in [3.63, 3.8) is 0 Å². The van der Waals surface area contributed by atoms with Gasteiger partial charge in [0.2, 0.25) is 0 Å². The molecule has 0 aliphatic carbocycles. The van der Waals surface area contributed by atoms with Crippen LogP contribution in [0.4, 0.5) is 0 Å². The number of hydrogen-bond donors (Lipinski definition) is 2. The number of rotatable bonds is 1. The predicted molar refractivity (Wildman–Crippen MR) is 65.0 cm³/mol. The Kier molecular flexibility index (Phi) is 8.36. The maximum atomic E-state index is 10.2.